The van der Waals surface area contributed by atoms with E-state index in [1.54, 1.807) is 19.2 Å². The molecule has 0 saturated carbocycles. The van der Waals surface area contributed by atoms with Gasteiger partial charge in [0.15, 0.2) is 11.5 Å². The topological polar surface area (TPSA) is 62.8 Å². The molecule has 2 rings (SSSR count). The van der Waals surface area contributed by atoms with Gasteiger partial charge in [-0.05, 0) is 23.8 Å². The minimum atomic E-state index is -0.263. The number of nitrogens with one attached hydrogen (secondary N) is 2. The van der Waals surface area contributed by atoms with Gasteiger partial charge in [-0.3, -0.25) is 0 Å². The Labute approximate surface area is 147 Å². The number of hydrogen-bond donors (Lipinski definition) is 3. The second kappa shape index (κ2) is 10.7. The third kappa shape index (κ3) is 6.34. The summed E-state index contributed by atoms with van der Waals surface area (Å²) in [4.78, 5) is 0. The smallest absolute Gasteiger partial charge is 0.166 e. The average molecular weight is 348 g/mol. The van der Waals surface area contributed by atoms with E-state index in [0.717, 1.165) is 24.2 Å². The summed E-state index contributed by atoms with van der Waals surface area (Å²) in [6, 6.07) is 12.0. The molecule has 0 amide bonds. The predicted molar refractivity (Wildman–Crippen MR) is 95.4 cm³/mol. The van der Waals surface area contributed by atoms with Gasteiger partial charge in [0.1, 0.15) is 12.4 Å². The van der Waals surface area contributed by atoms with Crippen molar-refractivity contribution in [1.29, 1.82) is 0 Å². The van der Waals surface area contributed by atoms with Crippen LogP contribution in [0.5, 0.6) is 11.5 Å². The molecule has 0 aromatic heterocycles. The van der Waals surface area contributed by atoms with Gasteiger partial charge in [-0.15, -0.1) is 0 Å². The van der Waals surface area contributed by atoms with Crippen molar-refractivity contribution < 1.29 is 19.0 Å². The predicted octanol–water partition coefficient (Wildman–Crippen LogP) is 2.08. The van der Waals surface area contributed by atoms with Gasteiger partial charge in [-0.2, -0.15) is 0 Å². The summed E-state index contributed by atoms with van der Waals surface area (Å²) in [6.07, 6.45) is 0. The first-order valence-corrected chi connectivity index (χ1v) is 8.30. The van der Waals surface area contributed by atoms with E-state index in [4.69, 9.17) is 14.6 Å². The number of para-hydroxylation sites is 1. The van der Waals surface area contributed by atoms with Crippen molar-refractivity contribution in [2.24, 2.45) is 0 Å². The Hall–Kier alpha value is -2.15. The van der Waals surface area contributed by atoms with Crippen molar-refractivity contribution in [1.82, 2.24) is 10.6 Å². The lowest BCUT2D eigenvalue weighted by atomic mass is 10.1. The second-order valence-corrected chi connectivity index (χ2v) is 5.51. The zero-order chi connectivity index (χ0) is 17.9. The van der Waals surface area contributed by atoms with Crippen LogP contribution in [0.25, 0.3) is 0 Å². The van der Waals surface area contributed by atoms with Crippen molar-refractivity contribution >= 4 is 0 Å². The molecular formula is C19H25FN2O3. The first-order valence-electron chi connectivity index (χ1n) is 8.30. The zero-order valence-corrected chi connectivity index (χ0v) is 14.4. The first kappa shape index (κ1) is 19.2. The van der Waals surface area contributed by atoms with Crippen LogP contribution < -0.4 is 20.1 Å². The van der Waals surface area contributed by atoms with E-state index in [2.05, 4.69) is 10.6 Å². The van der Waals surface area contributed by atoms with Crippen LogP contribution in [0.1, 0.15) is 11.1 Å². The van der Waals surface area contributed by atoms with Crippen molar-refractivity contribution in [3.05, 3.63) is 59.4 Å². The van der Waals surface area contributed by atoms with Gasteiger partial charge >= 0.3 is 0 Å². The molecule has 0 heterocycles. The molecule has 0 aliphatic heterocycles. The van der Waals surface area contributed by atoms with Crippen LogP contribution in [0.4, 0.5) is 4.39 Å². The third-order valence-corrected chi connectivity index (χ3v) is 3.66. The minimum Gasteiger partial charge on any atom is -0.493 e. The summed E-state index contributed by atoms with van der Waals surface area (Å²) in [5.41, 5.74) is 1.88. The Morgan fingerprint density at radius 3 is 2.48 bits per heavy atom. The zero-order valence-electron chi connectivity index (χ0n) is 14.4. The van der Waals surface area contributed by atoms with Gasteiger partial charge < -0.3 is 25.2 Å². The molecule has 0 unspecified atom stereocenters. The normalized spacial score (nSPS) is 10.7. The van der Waals surface area contributed by atoms with Crippen LogP contribution in [0.15, 0.2) is 42.5 Å². The number of ether oxygens (including phenoxy) is 2. The van der Waals surface area contributed by atoms with Crippen LogP contribution in [0.2, 0.25) is 0 Å². The van der Waals surface area contributed by atoms with Gasteiger partial charge in [0.2, 0.25) is 0 Å². The highest BCUT2D eigenvalue weighted by Crippen LogP contribution is 2.31. The number of aliphatic hydroxyl groups is 1. The summed E-state index contributed by atoms with van der Waals surface area (Å²) >= 11 is 0. The van der Waals surface area contributed by atoms with E-state index in [0.29, 0.717) is 31.2 Å². The average Bonchev–Trinajstić information content (AvgIpc) is 2.64. The van der Waals surface area contributed by atoms with Crippen LogP contribution in [-0.4, -0.2) is 38.5 Å². The number of hydrogen-bond acceptors (Lipinski definition) is 5. The van der Waals surface area contributed by atoms with Gasteiger partial charge in [-0.1, -0.05) is 24.3 Å². The molecule has 0 aliphatic rings. The number of halogens is 1. The van der Waals surface area contributed by atoms with Gasteiger partial charge in [0.25, 0.3) is 0 Å². The van der Waals surface area contributed by atoms with E-state index in [1.807, 2.05) is 18.2 Å². The van der Waals surface area contributed by atoms with Crippen molar-refractivity contribution in [3.8, 4) is 11.5 Å². The second-order valence-electron chi connectivity index (χ2n) is 5.51. The maximum absolute atomic E-state index is 13.0. The highest BCUT2D eigenvalue weighted by atomic mass is 19.1. The Kier molecular flexibility index (Phi) is 8.18. The Morgan fingerprint density at radius 2 is 1.76 bits per heavy atom. The molecular weight excluding hydrogens is 323 g/mol. The van der Waals surface area contributed by atoms with E-state index >= 15 is 0 Å². The van der Waals surface area contributed by atoms with Gasteiger partial charge in [0.05, 0.1) is 13.7 Å². The van der Waals surface area contributed by atoms with E-state index in [9.17, 15) is 4.39 Å². The number of aliphatic hydroxyl groups excluding tert-OH is 1. The Balaban J connectivity index is 1.96. The first-order chi connectivity index (χ1) is 12.2. The summed E-state index contributed by atoms with van der Waals surface area (Å²) in [7, 11) is 1.61. The fraction of sp³-hybridized carbons (Fsp3) is 0.368. The van der Waals surface area contributed by atoms with Crippen molar-refractivity contribution in [2.45, 2.75) is 13.2 Å². The van der Waals surface area contributed by atoms with Crippen molar-refractivity contribution in [2.75, 3.05) is 33.4 Å². The molecule has 136 valence electrons. The molecule has 25 heavy (non-hydrogen) atoms. The van der Waals surface area contributed by atoms with E-state index in [-0.39, 0.29) is 12.4 Å². The lowest BCUT2D eigenvalue weighted by Gasteiger charge is -2.16. The lowest BCUT2D eigenvalue weighted by molar-refractivity contribution is 0.280. The standard InChI is InChI=1S/C19H25FN2O3/c1-24-18-4-2-3-16(13-22-10-9-21-11-12-23)19(18)25-14-15-5-7-17(20)8-6-15/h2-8,21-23H,9-14H2,1H3. The van der Waals surface area contributed by atoms with Gasteiger partial charge in [-0.25, -0.2) is 4.39 Å². The molecule has 2 aromatic rings. The quantitative estimate of drug-likeness (QED) is 0.543. The van der Waals surface area contributed by atoms with Crippen molar-refractivity contribution in [3.63, 3.8) is 0 Å². The van der Waals surface area contributed by atoms with Crippen LogP contribution >= 0.6 is 0 Å². The molecule has 6 heteroatoms. The number of methoxy groups -OCH3 is 1. The Morgan fingerprint density at radius 1 is 1.00 bits per heavy atom. The number of benzene rings is 2. The molecule has 0 fully saturated rings. The Bertz CT molecular complexity index is 635. The fourth-order valence-electron chi connectivity index (χ4n) is 2.37. The minimum absolute atomic E-state index is 0.136. The maximum atomic E-state index is 13.0. The third-order valence-electron chi connectivity index (χ3n) is 3.66. The van der Waals surface area contributed by atoms with Crippen LogP contribution in [-0.2, 0) is 13.2 Å². The fourth-order valence-corrected chi connectivity index (χ4v) is 2.37. The summed E-state index contributed by atoms with van der Waals surface area (Å²) in [5.74, 6) is 1.09. The van der Waals surface area contributed by atoms with Crippen LogP contribution in [0.3, 0.4) is 0 Å². The summed E-state index contributed by atoms with van der Waals surface area (Å²) in [5, 5.41) is 15.2. The molecule has 0 bridgehead atoms. The van der Waals surface area contributed by atoms with Crippen LogP contribution in [0, 0.1) is 5.82 Å². The molecule has 0 spiro atoms. The maximum Gasteiger partial charge on any atom is 0.166 e. The highest BCUT2D eigenvalue weighted by Gasteiger charge is 2.10. The largest absolute Gasteiger partial charge is 0.493 e. The van der Waals surface area contributed by atoms with E-state index in [1.165, 1.54) is 12.1 Å². The summed E-state index contributed by atoms with van der Waals surface area (Å²) in [6.45, 7) is 3.25. The molecule has 2 aromatic carbocycles. The highest BCUT2D eigenvalue weighted by molar-refractivity contribution is 5.46. The van der Waals surface area contributed by atoms with Gasteiger partial charge in [0, 0.05) is 31.7 Å². The molecule has 3 N–H and O–H groups in total. The molecule has 5 nitrogen and oxygen atoms in total. The molecule has 0 radical (unpaired) electrons. The SMILES string of the molecule is COc1cccc(CNCCNCCO)c1OCc1ccc(F)cc1. The number of rotatable bonds is 11. The molecule has 0 atom stereocenters. The van der Waals surface area contributed by atoms with E-state index < -0.39 is 0 Å². The lowest BCUT2D eigenvalue weighted by Crippen LogP contribution is -2.28. The summed E-state index contributed by atoms with van der Waals surface area (Å²) < 4.78 is 24.3. The molecule has 0 aliphatic carbocycles. The molecule has 0 saturated heterocycles. The monoisotopic (exact) mass is 348 g/mol.